The fourth-order valence-corrected chi connectivity index (χ4v) is 1.69. The van der Waals surface area contributed by atoms with E-state index in [1.54, 1.807) is 0 Å². The molecule has 0 unspecified atom stereocenters. The molecule has 1 fully saturated rings. The summed E-state index contributed by atoms with van der Waals surface area (Å²) in [5.41, 5.74) is 3.81. The molecule has 0 aliphatic carbocycles. The quantitative estimate of drug-likeness (QED) is 0.667. The third-order valence-corrected chi connectivity index (χ3v) is 2.46. The van der Waals surface area contributed by atoms with Crippen molar-refractivity contribution in [3.8, 4) is 0 Å². The van der Waals surface area contributed by atoms with Gasteiger partial charge >= 0.3 is 0 Å². The molecular formula is C11H14N2O. The van der Waals surface area contributed by atoms with Gasteiger partial charge in [-0.25, -0.2) is 0 Å². The van der Waals surface area contributed by atoms with E-state index < -0.39 is 0 Å². The molecule has 0 amide bonds. The lowest BCUT2D eigenvalue weighted by molar-refractivity contribution is 0.0662. The largest absolute Gasteiger partial charge is 0.381 e. The van der Waals surface area contributed by atoms with Gasteiger partial charge in [0.15, 0.2) is 0 Å². The predicted molar refractivity (Wildman–Crippen MR) is 54.9 cm³/mol. The molecule has 0 spiro atoms. The SMILES string of the molecule is C=C=Cc1cnn(C2CCOCC2)c1. The molecule has 1 aliphatic rings. The van der Waals surface area contributed by atoms with Crippen LogP contribution in [0.5, 0.6) is 0 Å². The van der Waals surface area contributed by atoms with E-state index >= 15 is 0 Å². The van der Waals surface area contributed by atoms with Gasteiger partial charge in [-0.05, 0) is 18.9 Å². The topological polar surface area (TPSA) is 27.1 Å². The summed E-state index contributed by atoms with van der Waals surface area (Å²) >= 11 is 0. The summed E-state index contributed by atoms with van der Waals surface area (Å²) in [5, 5.41) is 4.32. The van der Waals surface area contributed by atoms with Crippen molar-refractivity contribution >= 4 is 6.08 Å². The van der Waals surface area contributed by atoms with Crippen LogP contribution in [0, 0.1) is 0 Å². The molecule has 1 saturated heterocycles. The Hall–Kier alpha value is -1.31. The average molecular weight is 190 g/mol. The Morgan fingerprint density at radius 3 is 3.07 bits per heavy atom. The third-order valence-electron chi connectivity index (χ3n) is 2.46. The van der Waals surface area contributed by atoms with Crippen molar-refractivity contribution in [2.75, 3.05) is 13.2 Å². The Bertz CT molecular complexity index is 344. The minimum absolute atomic E-state index is 0.496. The molecule has 0 atom stereocenters. The molecule has 2 heterocycles. The van der Waals surface area contributed by atoms with E-state index in [1.807, 2.05) is 23.2 Å². The average Bonchev–Trinajstić information content (AvgIpc) is 2.68. The molecule has 3 heteroatoms. The van der Waals surface area contributed by atoms with Crippen LogP contribution >= 0.6 is 0 Å². The van der Waals surface area contributed by atoms with Gasteiger partial charge in [0.25, 0.3) is 0 Å². The molecule has 0 bridgehead atoms. The van der Waals surface area contributed by atoms with Gasteiger partial charge in [0.2, 0.25) is 0 Å². The summed E-state index contributed by atoms with van der Waals surface area (Å²) in [6, 6.07) is 0.496. The van der Waals surface area contributed by atoms with Crippen LogP contribution in [0.15, 0.2) is 24.7 Å². The Morgan fingerprint density at radius 1 is 1.57 bits per heavy atom. The summed E-state index contributed by atoms with van der Waals surface area (Å²) in [7, 11) is 0. The summed E-state index contributed by atoms with van der Waals surface area (Å²) in [6.45, 7) is 5.23. The molecule has 0 aromatic carbocycles. The van der Waals surface area contributed by atoms with Crippen LogP contribution in [0.25, 0.3) is 6.08 Å². The van der Waals surface area contributed by atoms with Gasteiger partial charge in [0, 0.05) is 25.0 Å². The molecule has 74 valence electrons. The predicted octanol–water partition coefficient (Wildman–Crippen LogP) is 2.03. The molecule has 0 radical (unpaired) electrons. The summed E-state index contributed by atoms with van der Waals surface area (Å²) < 4.78 is 7.32. The van der Waals surface area contributed by atoms with Crippen LogP contribution in [0.1, 0.15) is 24.4 Å². The van der Waals surface area contributed by atoms with Crippen molar-refractivity contribution in [3.63, 3.8) is 0 Å². The molecule has 3 nitrogen and oxygen atoms in total. The molecule has 1 aromatic rings. The molecule has 1 aromatic heterocycles. The van der Waals surface area contributed by atoms with Crippen molar-refractivity contribution in [2.45, 2.75) is 18.9 Å². The van der Waals surface area contributed by atoms with E-state index in [2.05, 4.69) is 17.4 Å². The van der Waals surface area contributed by atoms with E-state index in [0.717, 1.165) is 31.6 Å². The minimum atomic E-state index is 0.496. The molecule has 0 N–H and O–H groups in total. The minimum Gasteiger partial charge on any atom is -0.381 e. The molecule has 14 heavy (non-hydrogen) atoms. The second-order valence-corrected chi connectivity index (χ2v) is 3.45. The number of hydrogen-bond acceptors (Lipinski definition) is 2. The van der Waals surface area contributed by atoms with Crippen LogP contribution in [0.2, 0.25) is 0 Å². The third kappa shape index (κ3) is 1.95. The first-order chi connectivity index (χ1) is 6.90. The number of rotatable bonds is 2. The van der Waals surface area contributed by atoms with Gasteiger partial charge in [-0.3, -0.25) is 4.68 Å². The van der Waals surface area contributed by atoms with Crippen LogP contribution < -0.4 is 0 Å². The fourth-order valence-electron chi connectivity index (χ4n) is 1.69. The van der Waals surface area contributed by atoms with Gasteiger partial charge in [-0.15, -0.1) is 5.73 Å². The van der Waals surface area contributed by atoms with Crippen LogP contribution in [-0.2, 0) is 4.74 Å². The Kier molecular flexibility index (Phi) is 2.82. The lowest BCUT2D eigenvalue weighted by Gasteiger charge is -2.22. The van der Waals surface area contributed by atoms with Crippen molar-refractivity contribution in [2.24, 2.45) is 0 Å². The second-order valence-electron chi connectivity index (χ2n) is 3.45. The summed E-state index contributed by atoms with van der Waals surface area (Å²) in [4.78, 5) is 0. The highest BCUT2D eigenvalue weighted by molar-refractivity contribution is 5.45. The number of hydrogen-bond donors (Lipinski definition) is 0. The summed E-state index contributed by atoms with van der Waals surface area (Å²) in [5.74, 6) is 0. The first-order valence-corrected chi connectivity index (χ1v) is 4.88. The first-order valence-electron chi connectivity index (χ1n) is 4.88. The maximum Gasteiger partial charge on any atom is 0.0568 e. The van der Waals surface area contributed by atoms with Gasteiger partial charge < -0.3 is 4.74 Å². The second kappa shape index (κ2) is 4.27. The zero-order valence-corrected chi connectivity index (χ0v) is 8.15. The van der Waals surface area contributed by atoms with Crippen molar-refractivity contribution in [3.05, 3.63) is 30.3 Å². The number of ether oxygens (including phenoxy) is 1. The highest BCUT2D eigenvalue weighted by Gasteiger charge is 2.15. The first kappa shape index (κ1) is 9.25. The Morgan fingerprint density at radius 2 is 2.36 bits per heavy atom. The van der Waals surface area contributed by atoms with Gasteiger partial charge in [0.05, 0.1) is 12.2 Å². The van der Waals surface area contributed by atoms with E-state index in [0.29, 0.717) is 6.04 Å². The van der Waals surface area contributed by atoms with Crippen molar-refractivity contribution in [1.82, 2.24) is 9.78 Å². The Balaban J connectivity index is 2.10. The molecule has 1 aliphatic heterocycles. The molecule has 0 saturated carbocycles. The standard InChI is InChI=1S/C11H14N2O/c1-2-3-10-8-12-13(9-10)11-4-6-14-7-5-11/h3,8-9,11H,1,4-7H2. The lowest BCUT2D eigenvalue weighted by atomic mass is 10.1. The highest BCUT2D eigenvalue weighted by Crippen LogP contribution is 2.20. The zero-order valence-electron chi connectivity index (χ0n) is 8.15. The van der Waals surface area contributed by atoms with Gasteiger partial charge in [-0.1, -0.05) is 6.58 Å². The number of nitrogens with zero attached hydrogens (tertiary/aromatic N) is 2. The van der Waals surface area contributed by atoms with Gasteiger partial charge in [-0.2, -0.15) is 5.10 Å². The lowest BCUT2D eigenvalue weighted by Crippen LogP contribution is -2.19. The van der Waals surface area contributed by atoms with E-state index in [9.17, 15) is 0 Å². The van der Waals surface area contributed by atoms with Crippen LogP contribution in [-0.4, -0.2) is 23.0 Å². The van der Waals surface area contributed by atoms with Crippen molar-refractivity contribution < 1.29 is 4.74 Å². The molecular weight excluding hydrogens is 176 g/mol. The monoisotopic (exact) mass is 190 g/mol. The summed E-state index contributed by atoms with van der Waals surface area (Å²) in [6.07, 6.45) is 7.82. The van der Waals surface area contributed by atoms with Gasteiger partial charge in [0.1, 0.15) is 0 Å². The maximum atomic E-state index is 5.30. The Labute approximate surface area is 83.7 Å². The van der Waals surface area contributed by atoms with Crippen LogP contribution in [0.3, 0.4) is 0 Å². The molecule has 2 rings (SSSR count). The van der Waals surface area contributed by atoms with E-state index in [4.69, 9.17) is 4.74 Å². The smallest absolute Gasteiger partial charge is 0.0568 e. The zero-order chi connectivity index (χ0) is 9.80. The van der Waals surface area contributed by atoms with E-state index in [-0.39, 0.29) is 0 Å². The fraction of sp³-hybridized carbons (Fsp3) is 0.455. The maximum absolute atomic E-state index is 5.30. The van der Waals surface area contributed by atoms with Crippen molar-refractivity contribution in [1.29, 1.82) is 0 Å². The normalized spacial score (nSPS) is 17.7. The van der Waals surface area contributed by atoms with Crippen LogP contribution in [0.4, 0.5) is 0 Å². The highest BCUT2D eigenvalue weighted by atomic mass is 16.5. The van der Waals surface area contributed by atoms with E-state index in [1.165, 1.54) is 0 Å². The number of aromatic nitrogens is 2.